The molecule has 1 aromatic heterocycles. The Morgan fingerprint density at radius 2 is 2.33 bits per heavy atom. The van der Waals surface area contributed by atoms with Gasteiger partial charge in [-0.2, -0.15) is 0 Å². The lowest BCUT2D eigenvalue weighted by Crippen LogP contribution is -1.90. The van der Waals surface area contributed by atoms with E-state index in [1.165, 1.54) is 11.1 Å². The van der Waals surface area contributed by atoms with Gasteiger partial charge in [0, 0.05) is 10.9 Å². The molecule has 0 amide bonds. The fourth-order valence-electron chi connectivity index (χ4n) is 1.23. The lowest BCUT2D eigenvalue weighted by atomic mass is 10.3. The van der Waals surface area contributed by atoms with Crippen molar-refractivity contribution in [2.45, 2.75) is 29.9 Å². The van der Waals surface area contributed by atoms with E-state index >= 15 is 0 Å². The van der Waals surface area contributed by atoms with Crippen molar-refractivity contribution in [2.75, 3.05) is 5.73 Å². The second-order valence-electron chi connectivity index (χ2n) is 3.54. The number of rotatable bonds is 3. The highest BCUT2D eigenvalue weighted by Crippen LogP contribution is 2.33. The van der Waals surface area contributed by atoms with E-state index in [2.05, 4.69) is 18.8 Å². The molecule has 80 valence electrons. The van der Waals surface area contributed by atoms with Crippen molar-refractivity contribution in [3.8, 4) is 0 Å². The molecular formula is C11H14N2S2. The van der Waals surface area contributed by atoms with E-state index in [9.17, 15) is 0 Å². The van der Waals surface area contributed by atoms with Gasteiger partial charge in [-0.3, -0.25) is 0 Å². The topological polar surface area (TPSA) is 38.9 Å². The Bertz CT molecular complexity index is 465. The van der Waals surface area contributed by atoms with Crippen LogP contribution >= 0.6 is 23.1 Å². The van der Waals surface area contributed by atoms with Gasteiger partial charge in [0.25, 0.3) is 0 Å². The van der Waals surface area contributed by atoms with E-state index in [1.807, 2.05) is 30.0 Å². The molecule has 2 nitrogen and oxygen atoms in total. The molecule has 0 radical (unpaired) electrons. The summed E-state index contributed by atoms with van der Waals surface area (Å²) in [5.41, 5.74) is 7.60. The molecule has 1 unspecified atom stereocenters. The standard InChI is InChI=1S/C11H14N2S2/c1-3-7(2)14-11-13-9-5-4-8(12)6-10(9)15-11/h4-7H,3,12H2,1-2H3. The zero-order valence-corrected chi connectivity index (χ0v) is 10.5. The Morgan fingerprint density at radius 1 is 1.53 bits per heavy atom. The molecule has 2 aromatic rings. The molecule has 2 rings (SSSR count). The second kappa shape index (κ2) is 4.41. The van der Waals surface area contributed by atoms with Gasteiger partial charge in [-0.1, -0.05) is 25.6 Å². The predicted octanol–water partition coefficient (Wildman–Crippen LogP) is 3.77. The number of anilines is 1. The van der Waals surface area contributed by atoms with Crippen molar-refractivity contribution >= 4 is 39.0 Å². The average Bonchev–Trinajstić information content (AvgIpc) is 2.59. The molecule has 0 aliphatic heterocycles. The first-order chi connectivity index (χ1) is 7.19. The van der Waals surface area contributed by atoms with Crippen molar-refractivity contribution in [2.24, 2.45) is 0 Å². The summed E-state index contributed by atoms with van der Waals surface area (Å²) in [6, 6.07) is 5.88. The van der Waals surface area contributed by atoms with Crippen molar-refractivity contribution in [3.05, 3.63) is 18.2 Å². The zero-order chi connectivity index (χ0) is 10.8. The summed E-state index contributed by atoms with van der Waals surface area (Å²) in [4.78, 5) is 4.57. The molecule has 1 aromatic carbocycles. The van der Waals surface area contributed by atoms with Crippen LogP contribution in [0.25, 0.3) is 10.2 Å². The number of fused-ring (bicyclic) bond motifs is 1. The molecular weight excluding hydrogens is 224 g/mol. The number of thiazole rings is 1. The van der Waals surface area contributed by atoms with Crippen molar-refractivity contribution in [1.29, 1.82) is 0 Å². The number of thioether (sulfide) groups is 1. The van der Waals surface area contributed by atoms with Crippen LogP contribution in [0.5, 0.6) is 0 Å². The largest absolute Gasteiger partial charge is 0.399 e. The molecule has 2 N–H and O–H groups in total. The fourth-order valence-corrected chi connectivity index (χ4v) is 3.59. The van der Waals surface area contributed by atoms with Crippen LogP contribution in [0.15, 0.2) is 22.5 Å². The monoisotopic (exact) mass is 238 g/mol. The van der Waals surface area contributed by atoms with Gasteiger partial charge < -0.3 is 5.73 Å². The molecule has 0 aliphatic carbocycles. The fraction of sp³-hybridized carbons (Fsp3) is 0.364. The van der Waals surface area contributed by atoms with Crippen LogP contribution in [0.4, 0.5) is 5.69 Å². The van der Waals surface area contributed by atoms with Crippen LogP contribution in [0.2, 0.25) is 0 Å². The minimum absolute atomic E-state index is 0.628. The number of aromatic nitrogens is 1. The highest BCUT2D eigenvalue weighted by atomic mass is 32.2. The van der Waals surface area contributed by atoms with Gasteiger partial charge in [0.1, 0.15) is 0 Å². The van der Waals surface area contributed by atoms with Gasteiger partial charge in [0.2, 0.25) is 0 Å². The van der Waals surface area contributed by atoms with Crippen molar-refractivity contribution in [1.82, 2.24) is 4.98 Å². The van der Waals surface area contributed by atoms with Gasteiger partial charge in [-0.25, -0.2) is 4.98 Å². The van der Waals surface area contributed by atoms with Crippen molar-refractivity contribution in [3.63, 3.8) is 0 Å². The first kappa shape index (κ1) is 10.8. The molecule has 0 saturated carbocycles. The predicted molar refractivity (Wildman–Crippen MR) is 69.6 cm³/mol. The normalized spacial score (nSPS) is 13.2. The molecule has 1 atom stereocenters. The number of nitrogens with two attached hydrogens (primary N) is 1. The van der Waals surface area contributed by atoms with Gasteiger partial charge in [0.15, 0.2) is 4.34 Å². The van der Waals surface area contributed by atoms with Crippen LogP contribution in [0, 0.1) is 0 Å². The smallest absolute Gasteiger partial charge is 0.151 e. The van der Waals surface area contributed by atoms with E-state index in [0.29, 0.717) is 5.25 Å². The Balaban J connectivity index is 2.30. The second-order valence-corrected chi connectivity index (χ2v) is 6.26. The van der Waals surface area contributed by atoms with E-state index < -0.39 is 0 Å². The number of benzene rings is 1. The van der Waals surface area contributed by atoms with Crippen molar-refractivity contribution < 1.29 is 0 Å². The minimum atomic E-state index is 0.628. The first-order valence-electron chi connectivity index (χ1n) is 5.01. The van der Waals surface area contributed by atoms with Gasteiger partial charge >= 0.3 is 0 Å². The average molecular weight is 238 g/mol. The summed E-state index contributed by atoms with van der Waals surface area (Å²) in [6.45, 7) is 4.42. The van der Waals surface area contributed by atoms with Gasteiger partial charge in [-0.15, -0.1) is 11.3 Å². The maximum Gasteiger partial charge on any atom is 0.151 e. The third-order valence-corrected chi connectivity index (χ3v) is 4.65. The lowest BCUT2D eigenvalue weighted by Gasteiger charge is -2.02. The first-order valence-corrected chi connectivity index (χ1v) is 6.71. The molecule has 0 spiro atoms. The van der Waals surface area contributed by atoms with Crippen LogP contribution in [-0.2, 0) is 0 Å². The third-order valence-electron chi connectivity index (χ3n) is 2.27. The SMILES string of the molecule is CCC(C)Sc1nc2ccc(N)cc2s1. The van der Waals surface area contributed by atoms with Crippen LogP contribution < -0.4 is 5.73 Å². The highest BCUT2D eigenvalue weighted by molar-refractivity contribution is 8.01. The zero-order valence-electron chi connectivity index (χ0n) is 8.86. The third kappa shape index (κ3) is 2.44. The summed E-state index contributed by atoms with van der Waals surface area (Å²) < 4.78 is 2.32. The Morgan fingerprint density at radius 3 is 3.07 bits per heavy atom. The highest BCUT2D eigenvalue weighted by Gasteiger charge is 2.07. The van der Waals surface area contributed by atoms with E-state index in [4.69, 9.17) is 5.73 Å². The summed E-state index contributed by atoms with van der Waals surface area (Å²) >= 11 is 3.57. The molecule has 0 aliphatic rings. The molecule has 15 heavy (non-hydrogen) atoms. The number of nitrogen functional groups attached to an aromatic ring is 1. The van der Waals surface area contributed by atoms with Crippen LogP contribution in [0.1, 0.15) is 20.3 Å². The lowest BCUT2D eigenvalue weighted by molar-refractivity contribution is 0.905. The number of hydrogen-bond donors (Lipinski definition) is 1. The molecule has 1 heterocycles. The minimum Gasteiger partial charge on any atom is -0.399 e. The summed E-state index contributed by atoms with van der Waals surface area (Å²) in [5, 5.41) is 0.628. The maximum atomic E-state index is 5.73. The quantitative estimate of drug-likeness (QED) is 0.653. The van der Waals surface area contributed by atoms with Crippen LogP contribution in [0.3, 0.4) is 0 Å². The molecule has 0 saturated heterocycles. The maximum absolute atomic E-state index is 5.73. The molecule has 0 bridgehead atoms. The van der Waals surface area contributed by atoms with E-state index in [0.717, 1.165) is 15.5 Å². The summed E-state index contributed by atoms with van der Waals surface area (Å²) in [5.74, 6) is 0. The summed E-state index contributed by atoms with van der Waals surface area (Å²) in [7, 11) is 0. The Hall–Kier alpha value is -0.740. The van der Waals surface area contributed by atoms with Gasteiger partial charge in [0.05, 0.1) is 10.2 Å². The van der Waals surface area contributed by atoms with Gasteiger partial charge in [-0.05, 0) is 24.6 Å². The number of hydrogen-bond acceptors (Lipinski definition) is 4. The van der Waals surface area contributed by atoms with E-state index in [1.54, 1.807) is 11.3 Å². The van der Waals surface area contributed by atoms with E-state index in [-0.39, 0.29) is 0 Å². The number of nitrogens with zero attached hydrogens (tertiary/aromatic N) is 1. The summed E-state index contributed by atoms with van der Waals surface area (Å²) in [6.07, 6.45) is 1.17. The Labute approximate surface area is 97.9 Å². The van der Waals surface area contributed by atoms with Crippen LogP contribution in [-0.4, -0.2) is 10.2 Å². The Kier molecular flexibility index (Phi) is 3.17. The molecule has 0 fully saturated rings. The molecule has 4 heteroatoms.